The van der Waals surface area contributed by atoms with Crippen molar-refractivity contribution < 1.29 is 71.2 Å². The van der Waals surface area contributed by atoms with Crippen LogP contribution in [0.2, 0.25) is 0 Å². The van der Waals surface area contributed by atoms with Crippen molar-refractivity contribution >= 4 is 76.6 Å². The molecule has 14 rings (SSSR count). The van der Waals surface area contributed by atoms with Gasteiger partial charge in [0.15, 0.2) is 11.6 Å². The van der Waals surface area contributed by atoms with E-state index in [-0.39, 0.29) is 38.0 Å². The number of nitrogens with zero attached hydrogens (tertiary/aromatic N) is 6. The molecule has 0 bridgehead atoms. The fourth-order valence-corrected chi connectivity index (χ4v) is 13.6. The number of rotatable bonds is 30. The standard InChI is InChI=1S/C70H76N6O15/c1-69(2)88-65-55(86-57(67(65)90-69)37-75-35-53(71-73-75)41-82-39-43-29-49-17-13-45-9-5-10-46-14-18-50(30-43)63(49)61(45)46)33-59(77)84-23-7-21-79-25-27-81-28-26-80-22-8-24-85-60(78)34-56-66-68(91-70(3,4)89-66)58(87-56)38-76-36-54(72-74-76)42-83-40-44-31-51-19-15-47-11-6-12-48-16-20-52(32-44)64(51)62(47)48/h5-6,9-20,29-32,35-36,55-58,65-68H,7-8,21-28,33-34,37-42H2,1-4H3/t55?,56?,57-,58-,65+,66+,67-,68-/m1/s1. The van der Waals surface area contributed by atoms with E-state index < -0.39 is 60.4 Å². The number of ether oxygens (including phenoxy) is 13. The number of hydrogen-bond donors (Lipinski definition) is 0. The Balaban J connectivity index is 0.435. The van der Waals surface area contributed by atoms with E-state index in [4.69, 9.17) is 61.6 Å². The van der Waals surface area contributed by atoms with E-state index in [1.165, 1.54) is 64.6 Å². The second-order valence-corrected chi connectivity index (χ2v) is 25.1. The topological polar surface area (TPSA) is 216 Å². The number of carbonyl (C=O) groups is 2. The summed E-state index contributed by atoms with van der Waals surface area (Å²) in [5.41, 5.74) is 3.56. The molecule has 0 amide bonds. The van der Waals surface area contributed by atoms with Crippen LogP contribution in [0.25, 0.3) is 64.6 Å². The Morgan fingerprint density at radius 3 is 1.14 bits per heavy atom. The Bertz CT molecular complexity index is 3760. The number of fused-ring (bicyclic) bond motifs is 2. The molecular weight excluding hydrogens is 1160 g/mol. The molecule has 0 saturated carbocycles. The molecule has 0 radical (unpaired) electrons. The zero-order chi connectivity index (χ0) is 62.1. The largest absolute Gasteiger partial charge is 0.466 e. The first-order chi connectivity index (χ1) is 44.3. The van der Waals surface area contributed by atoms with Crippen molar-refractivity contribution in [2.75, 3.05) is 52.9 Å². The average molecular weight is 1240 g/mol. The van der Waals surface area contributed by atoms with E-state index in [2.05, 4.69) is 130 Å². The van der Waals surface area contributed by atoms with Crippen LogP contribution in [0.3, 0.4) is 0 Å². The van der Waals surface area contributed by atoms with Crippen molar-refractivity contribution in [1.29, 1.82) is 0 Å². The molecule has 0 spiro atoms. The zero-order valence-electron chi connectivity index (χ0n) is 51.7. The zero-order valence-corrected chi connectivity index (χ0v) is 51.7. The maximum Gasteiger partial charge on any atom is 0.308 e. The van der Waals surface area contributed by atoms with Gasteiger partial charge in [-0.2, -0.15) is 0 Å². The van der Waals surface area contributed by atoms with Gasteiger partial charge < -0.3 is 61.6 Å². The lowest BCUT2D eigenvalue weighted by atomic mass is 9.93. The minimum Gasteiger partial charge on any atom is -0.466 e. The number of hydrogen-bond acceptors (Lipinski definition) is 19. The predicted octanol–water partition coefficient (Wildman–Crippen LogP) is 10.1. The lowest BCUT2D eigenvalue weighted by Crippen LogP contribution is -2.33. The van der Waals surface area contributed by atoms with E-state index in [0.717, 1.165) is 11.1 Å². The quantitative estimate of drug-likeness (QED) is 0.0232. The summed E-state index contributed by atoms with van der Waals surface area (Å²) in [5.74, 6) is -2.46. The van der Waals surface area contributed by atoms with Crippen molar-refractivity contribution in [3.63, 3.8) is 0 Å². The highest BCUT2D eigenvalue weighted by atomic mass is 16.8. The SMILES string of the molecule is CC1(C)O[C@@H]2[C@@H](Cn3cc(COCc4cc5ccc6cccc7ccc(c4)c5c67)nn3)OC(CC(=O)OCCCOCCOCCOCCCOC(=O)CC3O[C@H](Cn4cc(COCc5cc6ccc7cccc8ccc(c5)c6c78)nn4)[C@H]4OC(C)(C)O[C@@H]34)[C@@H]2O1. The molecule has 21 nitrogen and oxygen atoms in total. The molecule has 21 heteroatoms. The van der Waals surface area contributed by atoms with Gasteiger partial charge in [0.2, 0.25) is 0 Å². The van der Waals surface area contributed by atoms with Crippen molar-refractivity contribution in [2.45, 2.75) is 153 Å². The van der Waals surface area contributed by atoms with E-state index in [0.29, 0.717) is 103 Å². The minimum atomic E-state index is -0.840. The predicted molar refractivity (Wildman–Crippen MR) is 335 cm³/mol. The minimum absolute atomic E-state index is 0.0145. The molecule has 10 aromatic rings. The fourth-order valence-electron chi connectivity index (χ4n) is 13.6. The summed E-state index contributed by atoms with van der Waals surface area (Å²) >= 11 is 0. The van der Waals surface area contributed by atoms with Crippen LogP contribution >= 0.6 is 0 Å². The van der Waals surface area contributed by atoms with Crippen LogP contribution in [0.4, 0.5) is 0 Å². The summed E-state index contributed by atoms with van der Waals surface area (Å²) in [6.45, 7) is 12.3. The number of carbonyl (C=O) groups excluding carboxylic acids is 2. The fraction of sp³-hybridized carbons (Fsp3) is 0.457. The maximum absolute atomic E-state index is 13.0. The van der Waals surface area contributed by atoms with Crippen LogP contribution in [-0.2, 0) is 111 Å². The van der Waals surface area contributed by atoms with Crippen LogP contribution in [0.1, 0.15) is 75.9 Å². The van der Waals surface area contributed by atoms with Crippen LogP contribution in [0, 0.1) is 0 Å². The van der Waals surface area contributed by atoms with E-state index in [1.807, 2.05) is 40.1 Å². The number of esters is 2. The molecular formula is C70H76N6O15. The average Bonchev–Trinajstić information content (AvgIpc) is 1.74. The van der Waals surface area contributed by atoms with Gasteiger partial charge in [-0.1, -0.05) is 95.4 Å². The normalized spacial score (nSPS) is 22.6. The van der Waals surface area contributed by atoms with Gasteiger partial charge in [-0.05, 0) is 128 Å². The summed E-state index contributed by atoms with van der Waals surface area (Å²) in [7, 11) is 0. The van der Waals surface area contributed by atoms with Crippen molar-refractivity contribution in [3.8, 4) is 0 Å². The second-order valence-electron chi connectivity index (χ2n) is 25.1. The summed E-state index contributed by atoms with van der Waals surface area (Å²) in [6.07, 6.45) is 1.10. The molecule has 4 aliphatic heterocycles. The smallest absolute Gasteiger partial charge is 0.308 e. The molecule has 0 aliphatic carbocycles. The van der Waals surface area contributed by atoms with Crippen molar-refractivity contribution in [3.05, 3.63) is 144 Å². The van der Waals surface area contributed by atoms with Gasteiger partial charge in [-0.3, -0.25) is 9.59 Å². The van der Waals surface area contributed by atoms with Crippen molar-refractivity contribution in [1.82, 2.24) is 30.0 Å². The Morgan fingerprint density at radius 1 is 0.418 bits per heavy atom. The van der Waals surface area contributed by atoms with Gasteiger partial charge in [-0.25, -0.2) is 9.36 Å². The molecule has 4 fully saturated rings. The second kappa shape index (κ2) is 26.7. The van der Waals surface area contributed by atoms with Crippen LogP contribution in [0.15, 0.2) is 122 Å². The summed E-state index contributed by atoms with van der Waals surface area (Å²) in [4.78, 5) is 26.1. The van der Waals surface area contributed by atoms with E-state index in [1.54, 1.807) is 9.36 Å². The Labute approximate surface area is 525 Å². The first-order valence-electron chi connectivity index (χ1n) is 31.7. The molecule has 2 aromatic heterocycles. The van der Waals surface area contributed by atoms with Gasteiger partial charge in [0.05, 0.1) is 117 Å². The highest BCUT2D eigenvalue weighted by Gasteiger charge is 2.57. The third-order valence-corrected chi connectivity index (χ3v) is 17.4. The van der Waals surface area contributed by atoms with Gasteiger partial charge >= 0.3 is 11.9 Å². The summed E-state index contributed by atoms with van der Waals surface area (Å²) in [6, 6.07) is 39.1. The number of benzene rings is 8. The molecule has 8 aromatic carbocycles. The molecule has 4 saturated heterocycles. The molecule has 476 valence electrons. The number of aromatic nitrogens is 6. The monoisotopic (exact) mass is 1240 g/mol. The summed E-state index contributed by atoms with van der Waals surface area (Å²) < 4.78 is 81.7. The Morgan fingerprint density at radius 2 is 0.758 bits per heavy atom. The van der Waals surface area contributed by atoms with Crippen molar-refractivity contribution in [2.24, 2.45) is 0 Å². The molecule has 4 aliphatic rings. The van der Waals surface area contributed by atoms with E-state index in [9.17, 15) is 9.59 Å². The highest BCUT2D eigenvalue weighted by molar-refractivity contribution is 6.24. The highest BCUT2D eigenvalue weighted by Crippen LogP contribution is 2.43. The maximum atomic E-state index is 13.0. The molecule has 0 N–H and O–H groups in total. The van der Waals surface area contributed by atoms with Crippen LogP contribution in [-0.4, -0.2) is 155 Å². The van der Waals surface area contributed by atoms with Gasteiger partial charge in [0.25, 0.3) is 0 Å². The third-order valence-electron chi connectivity index (χ3n) is 17.4. The Kier molecular flexibility index (Phi) is 17.9. The molecule has 8 atom stereocenters. The summed E-state index contributed by atoms with van der Waals surface area (Å²) in [5, 5.41) is 32.3. The van der Waals surface area contributed by atoms with Gasteiger partial charge in [-0.15, -0.1) is 10.2 Å². The van der Waals surface area contributed by atoms with Gasteiger partial charge in [0.1, 0.15) is 48.0 Å². The first-order valence-corrected chi connectivity index (χ1v) is 31.7. The molecule has 2 unspecified atom stereocenters. The Hall–Kier alpha value is -7.38. The van der Waals surface area contributed by atoms with Gasteiger partial charge in [0, 0.05) is 26.1 Å². The lowest BCUT2D eigenvalue weighted by Gasteiger charge is -2.23. The third kappa shape index (κ3) is 13.9. The first kappa shape index (κ1) is 61.1. The van der Waals surface area contributed by atoms with Crippen LogP contribution < -0.4 is 0 Å². The van der Waals surface area contributed by atoms with Crippen LogP contribution in [0.5, 0.6) is 0 Å². The van der Waals surface area contributed by atoms with E-state index >= 15 is 0 Å². The lowest BCUT2D eigenvalue weighted by molar-refractivity contribution is -0.191. The molecule has 91 heavy (non-hydrogen) atoms. The molecule has 6 heterocycles.